The minimum absolute atomic E-state index is 0.145. The van der Waals surface area contributed by atoms with E-state index in [1.54, 1.807) is 39.4 Å². The van der Waals surface area contributed by atoms with Gasteiger partial charge in [-0.1, -0.05) is 19.1 Å². The maximum Gasteiger partial charge on any atom is 0.408 e. The molecule has 4 rings (SSSR count). The molecule has 3 heterocycles. The monoisotopic (exact) mass is 545 g/mol. The van der Waals surface area contributed by atoms with E-state index in [0.717, 1.165) is 28.7 Å². The topological polar surface area (TPSA) is 144 Å². The SMILES string of the molecule is CCCN(OCC1=CC=NC1)C(=O)C1=Cc2ccc(-c3cnc(CNC(=O)OC(C)(C)C)nc3)cc2N=C(N)C1. The Bertz CT molecular complexity index is 1370. The summed E-state index contributed by atoms with van der Waals surface area (Å²) in [7, 11) is 0. The molecule has 0 unspecified atom stereocenters. The van der Waals surface area contributed by atoms with Crippen LogP contribution in [0.4, 0.5) is 10.5 Å². The van der Waals surface area contributed by atoms with Crippen molar-refractivity contribution in [3.05, 3.63) is 59.2 Å². The Balaban J connectivity index is 1.47. The second-order valence-electron chi connectivity index (χ2n) is 10.5. The standard InChI is InChI=1S/C29H35N7O4/c1-5-10-36(39-18-19-8-9-31-14-19)27(37)22-11-21-7-6-20(12-24(21)35-25(30)13-22)23-15-32-26(33-16-23)17-34-28(38)40-29(2,3)4/h6-9,11-12,15-16H,5,10,13-14,17-18H2,1-4H3,(H2,30,35)(H,34,38). The number of carbonyl (C=O) groups excluding carboxylic acids is 2. The molecule has 2 amide bonds. The molecule has 0 bridgehead atoms. The first-order valence-corrected chi connectivity index (χ1v) is 13.2. The minimum Gasteiger partial charge on any atom is -0.444 e. The summed E-state index contributed by atoms with van der Waals surface area (Å²) in [5.41, 5.74) is 10.2. The van der Waals surface area contributed by atoms with Gasteiger partial charge in [-0.15, -0.1) is 0 Å². The van der Waals surface area contributed by atoms with Crippen molar-refractivity contribution in [3.8, 4) is 11.1 Å². The minimum atomic E-state index is -0.583. The molecule has 0 saturated carbocycles. The van der Waals surface area contributed by atoms with Crippen LogP contribution in [-0.2, 0) is 20.9 Å². The summed E-state index contributed by atoms with van der Waals surface area (Å²) in [6, 6.07) is 5.69. The predicted molar refractivity (Wildman–Crippen MR) is 154 cm³/mol. The Labute approximate surface area is 233 Å². The Morgan fingerprint density at radius 2 is 1.93 bits per heavy atom. The normalized spacial score (nSPS) is 14.4. The number of hydrogen-bond donors (Lipinski definition) is 2. The van der Waals surface area contributed by atoms with Crippen LogP contribution in [0.5, 0.6) is 0 Å². The van der Waals surface area contributed by atoms with Gasteiger partial charge in [0.25, 0.3) is 5.91 Å². The van der Waals surface area contributed by atoms with Crippen LogP contribution in [0.15, 0.2) is 57.8 Å². The molecule has 2 aliphatic rings. The molecule has 3 N–H and O–H groups in total. The quantitative estimate of drug-likeness (QED) is 0.451. The number of aliphatic imine (C=N–C) groups is 2. The molecule has 2 aliphatic heterocycles. The van der Waals surface area contributed by atoms with Gasteiger partial charge in [-0.05, 0) is 56.5 Å². The third kappa shape index (κ3) is 7.82. The molecule has 1 aromatic heterocycles. The zero-order valence-electron chi connectivity index (χ0n) is 23.3. The van der Waals surface area contributed by atoms with Crippen LogP contribution >= 0.6 is 0 Å². The number of aromatic nitrogens is 2. The average Bonchev–Trinajstić information content (AvgIpc) is 3.37. The van der Waals surface area contributed by atoms with E-state index >= 15 is 0 Å². The summed E-state index contributed by atoms with van der Waals surface area (Å²) in [6.07, 6.45) is 9.24. The Morgan fingerprint density at radius 1 is 1.15 bits per heavy atom. The second kappa shape index (κ2) is 12.6. The van der Waals surface area contributed by atoms with Crippen molar-refractivity contribution in [1.82, 2.24) is 20.3 Å². The van der Waals surface area contributed by atoms with Crippen molar-refractivity contribution in [2.24, 2.45) is 15.7 Å². The number of nitrogens with two attached hydrogens (primary N) is 1. The van der Waals surface area contributed by atoms with E-state index in [-0.39, 0.29) is 18.9 Å². The van der Waals surface area contributed by atoms with Gasteiger partial charge >= 0.3 is 6.09 Å². The highest BCUT2D eigenvalue weighted by Crippen LogP contribution is 2.32. The third-order valence-corrected chi connectivity index (χ3v) is 5.87. The largest absolute Gasteiger partial charge is 0.444 e. The molecular formula is C29H35N7O4. The van der Waals surface area contributed by atoms with E-state index < -0.39 is 11.7 Å². The number of nitrogens with one attached hydrogen (secondary N) is 1. The number of ether oxygens (including phenoxy) is 1. The van der Waals surface area contributed by atoms with Crippen LogP contribution in [0.25, 0.3) is 17.2 Å². The molecule has 0 aliphatic carbocycles. The van der Waals surface area contributed by atoms with E-state index in [1.165, 1.54) is 5.06 Å². The van der Waals surface area contributed by atoms with Crippen molar-refractivity contribution in [2.45, 2.75) is 52.7 Å². The van der Waals surface area contributed by atoms with Crippen molar-refractivity contribution in [3.63, 3.8) is 0 Å². The smallest absolute Gasteiger partial charge is 0.408 e. The highest BCUT2D eigenvalue weighted by atomic mass is 16.7. The Morgan fingerprint density at radius 3 is 2.60 bits per heavy atom. The number of nitrogens with zero attached hydrogens (tertiary/aromatic N) is 5. The molecule has 0 atom stereocenters. The summed E-state index contributed by atoms with van der Waals surface area (Å²) < 4.78 is 5.23. The van der Waals surface area contributed by atoms with Crippen molar-refractivity contribution in [2.75, 3.05) is 19.7 Å². The van der Waals surface area contributed by atoms with Gasteiger partial charge in [0, 0.05) is 48.3 Å². The van der Waals surface area contributed by atoms with Crippen LogP contribution in [0.1, 0.15) is 51.9 Å². The lowest BCUT2D eigenvalue weighted by atomic mass is 10.0. The molecular weight excluding hydrogens is 510 g/mol. The van der Waals surface area contributed by atoms with E-state index in [2.05, 4.69) is 25.3 Å². The number of amides is 2. The fourth-order valence-corrected chi connectivity index (χ4v) is 3.99. The van der Waals surface area contributed by atoms with Gasteiger partial charge in [0.15, 0.2) is 0 Å². The van der Waals surface area contributed by atoms with Gasteiger partial charge in [0.2, 0.25) is 0 Å². The number of alkyl carbamates (subject to hydrolysis) is 1. The first-order valence-electron chi connectivity index (χ1n) is 13.2. The van der Waals surface area contributed by atoms with Crippen LogP contribution < -0.4 is 11.1 Å². The van der Waals surface area contributed by atoms with Gasteiger partial charge in [-0.3, -0.25) is 14.6 Å². The first kappa shape index (κ1) is 28.6. The summed E-state index contributed by atoms with van der Waals surface area (Å²) in [4.78, 5) is 48.6. The molecule has 1 aromatic carbocycles. The summed E-state index contributed by atoms with van der Waals surface area (Å²) >= 11 is 0. The Hall–Kier alpha value is -4.38. The van der Waals surface area contributed by atoms with Crippen LogP contribution in [0.2, 0.25) is 0 Å². The average molecular weight is 546 g/mol. The lowest BCUT2D eigenvalue weighted by molar-refractivity contribution is -0.178. The zero-order chi connectivity index (χ0) is 28.7. The number of carbonyl (C=O) groups is 2. The third-order valence-electron chi connectivity index (χ3n) is 5.87. The molecule has 11 heteroatoms. The van der Waals surface area contributed by atoms with E-state index in [9.17, 15) is 9.59 Å². The lowest BCUT2D eigenvalue weighted by Gasteiger charge is -2.22. The first-order chi connectivity index (χ1) is 19.1. The lowest BCUT2D eigenvalue weighted by Crippen LogP contribution is -2.34. The molecule has 0 fully saturated rings. The summed E-state index contributed by atoms with van der Waals surface area (Å²) in [6.45, 7) is 8.88. The van der Waals surface area contributed by atoms with Gasteiger partial charge in [-0.2, -0.15) is 0 Å². The van der Waals surface area contributed by atoms with Crippen molar-refractivity contribution in [1.29, 1.82) is 0 Å². The number of amidine groups is 1. The molecule has 11 nitrogen and oxygen atoms in total. The maximum atomic E-state index is 13.4. The molecule has 40 heavy (non-hydrogen) atoms. The van der Waals surface area contributed by atoms with Gasteiger partial charge in [0.1, 0.15) is 17.3 Å². The molecule has 0 radical (unpaired) electrons. The predicted octanol–water partition coefficient (Wildman–Crippen LogP) is 4.13. The highest BCUT2D eigenvalue weighted by molar-refractivity contribution is 6.05. The molecule has 210 valence electrons. The van der Waals surface area contributed by atoms with Crippen LogP contribution in [-0.4, -0.2) is 64.4 Å². The van der Waals surface area contributed by atoms with Crippen molar-refractivity contribution >= 4 is 35.8 Å². The number of allylic oxidation sites excluding steroid dienone is 1. The fourth-order valence-electron chi connectivity index (χ4n) is 3.99. The summed E-state index contributed by atoms with van der Waals surface area (Å²) in [5.74, 6) is 0.549. The Kier molecular flexibility index (Phi) is 9.05. The van der Waals surface area contributed by atoms with E-state index in [4.69, 9.17) is 15.3 Å². The molecule has 0 spiro atoms. The van der Waals surface area contributed by atoms with Gasteiger partial charge in [0.05, 0.1) is 25.4 Å². The van der Waals surface area contributed by atoms with Crippen molar-refractivity contribution < 1.29 is 19.2 Å². The molecule has 0 saturated heterocycles. The number of hydrogen-bond acceptors (Lipinski definition) is 9. The van der Waals surface area contributed by atoms with Crippen LogP contribution in [0.3, 0.4) is 0 Å². The zero-order valence-corrected chi connectivity index (χ0v) is 23.3. The highest BCUT2D eigenvalue weighted by Gasteiger charge is 2.23. The van der Waals surface area contributed by atoms with E-state index in [1.807, 2.05) is 37.3 Å². The molecule has 2 aromatic rings. The number of rotatable bonds is 9. The maximum absolute atomic E-state index is 13.4. The number of fused-ring (bicyclic) bond motifs is 1. The number of benzene rings is 1. The number of hydroxylamine groups is 2. The van der Waals surface area contributed by atoms with Gasteiger partial charge < -0.3 is 15.8 Å². The summed E-state index contributed by atoms with van der Waals surface area (Å²) in [5, 5.41) is 4.04. The van der Waals surface area contributed by atoms with Crippen LogP contribution in [0, 0.1) is 0 Å². The van der Waals surface area contributed by atoms with Gasteiger partial charge in [-0.25, -0.2) is 24.8 Å². The fraction of sp³-hybridized carbons (Fsp3) is 0.379. The van der Waals surface area contributed by atoms with E-state index in [0.29, 0.717) is 42.6 Å². The second-order valence-corrected chi connectivity index (χ2v) is 10.5.